The summed E-state index contributed by atoms with van der Waals surface area (Å²) in [5.41, 5.74) is 1.24. The van der Waals surface area contributed by atoms with Gasteiger partial charge in [0.15, 0.2) is 0 Å². The summed E-state index contributed by atoms with van der Waals surface area (Å²) in [5, 5.41) is 9.77. The molecule has 0 saturated carbocycles. The van der Waals surface area contributed by atoms with E-state index in [0.717, 1.165) is 6.42 Å². The van der Waals surface area contributed by atoms with Gasteiger partial charge in [0.1, 0.15) is 19.0 Å². The molecule has 0 aliphatic heterocycles. The summed E-state index contributed by atoms with van der Waals surface area (Å²) in [6.45, 7) is 2.65. The molecule has 0 fully saturated rings. The van der Waals surface area contributed by atoms with Crippen LogP contribution in [0.1, 0.15) is 19.2 Å². The Labute approximate surface area is 126 Å². The van der Waals surface area contributed by atoms with Gasteiger partial charge in [-0.1, -0.05) is 30.1 Å². The Morgan fingerprint density at radius 2 is 2.10 bits per heavy atom. The molecule has 0 radical (unpaired) electrons. The topological polar surface area (TPSA) is 64.4 Å². The molecule has 0 bridgehead atoms. The van der Waals surface area contributed by atoms with Crippen LogP contribution in [0, 0.1) is 0 Å². The van der Waals surface area contributed by atoms with E-state index in [-0.39, 0.29) is 13.2 Å². The number of benzene rings is 1. The van der Waals surface area contributed by atoms with Crippen molar-refractivity contribution in [2.45, 2.75) is 26.5 Å². The fraction of sp³-hybridized carbons (Fsp3) is 0.385. The second-order valence-electron chi connectivity index (χ2n) is 4.32. The molecule has 1 heterocycles. The predicted molar refractivity (Wildman–Crippen MR) is 77.3 cm³/mol. The molecule has 20 heavy (non-hydrogen) atoms. The number of hydrogen-bond donors (Lipinski definition) is 1. The third-order valence-electron chi connectivity index (χ3n) is 2.74. The summed E-state index contributed by atoms with van der Waals surface area (Å²) in [4.78, 5) is 15.4. The van der Waals surface area contributed by atoms with Crippen molar-refractivity contribution >= 4 is 40.2 Å². The van der Waals surface area contributed by atoms with Crippen LogP contribution in [0.4, 0.5) is 0 Å². The van der Waals surface area contributed by atoms with Crippen molar-refractivity contribution in [2.24, 2.45) is 0 Å². The maximum absolute atomic E-state index is 11.0. The maximum Gasteiger partial charge on any atom is 0.323 e. The summed E-state index contributed by atoms with van der Waals surface area (Å²) in [6.07, 6.45) is 0.886. The lowest BCUT2D eigenvalue weighted by Gasteiger charge is -2.07. The van der Waals surface area contributed by atoms with E-state index < -0.39 is 5.97 Å². The SMILES string of the molecule is CCCOCc1nc2cc(Cl)c(Cl)cc2n1CC(=O)O. The molecule has 0 amide bonds. The zero-order valence-corrected chi connectivity index (χ0v) is 12.4. The van der Waals surface area contributed by atoms with Crippen molar-refractivity contribution in [1.82, 2.24) is 9.55 Å². The smallest absolute Gasteiger partial charge is 0.323 e. The van der Waals surface area contributed by atoms with Crippen LogP contribution in [0.5, 0.6) is 0 Å². The molecular weight excluding hydrogens is 303 g/mol. The average Bonchev–Trinajstić information content (AvgIpc) is 2.68. The molecule has 1 aromatic heterocycles. The van der Waals surface area contributed by atoms with Gasteiger partial charge in [0.05, 0.1) is 21.1 Å². The number of imidazole rings is 1. The van der Waals surface area contributed by atoms with Gasteiger partial charge in [-0.15, -0.1) is 0 Å². The van der Waals surface area contributed by atoms with Crippen LogP contribution in [-0.2, 0) is 22.7 Å². The summed E-state index contributed by atoms with van der Waals surface area (Å²) < 4.78 is 7.02. The molecule has 7 heteroatoms. The Hall–Kier alpha value is -1.30. The Morgan fingerprint density at radius 1 is 1.40 bits per heavy atom. The number of ether oxygens (including phenoxy) is 1. The Morgan fingerprint density at radius 3 is 2.75 bits per heavy atom. The van der Waals surface area contributed by atoms with Gasteiger partial charge in [-0.25, -0.2) is 4.98 Å². The number of rotatable bonds is 6. The highest BCUT2D eigenvalue weighted by molar-refractivity contribution is 6.42. The first kappa shape index (κ1) is 15.1. The van der Waals surface area contributed by atoms with E-state index in [9.17, 15) is 4.79 Å². The molecule has 108 valence electrons. The standard InChI is InChI=1S/C13H14Cl2N2O3/c1-2-3-20-7-12-16-10-4-8(14)9(15)5-11(10)17(12)6-13(18)19/h4-5H,2-3,6-7H2,1H3,(H,18,19). The molecule has 0 aliphatic rings. The van der Waals surface area contributed by atoms with Crippen LogP contribution in [-0.4, -0.2) is 27.2 Å². The predicted octanol–water partition coefficient (Wildman–Crippen LogP) is 3.35. The zero-order chi connectivity index (χ0) is 14.7. The van der Waals surface area contributed by atoms with Crippen molar-refractivity contribution in [3.8, 4) is 0 Å². The molecular formula is C13H14Cl2N2O3. The molecule has 0 saturated heterocycles. The van der Waals surface area contributed by atoms with E-state index in [1.807, 2.05) is 6.92 Å². The van der Waals surface area contributed by atoms with Gasteiger partial charge >= 0.3 is 5.97 Å². The highest BCUT2D eigenvalue weighted by Crippen LogP contribution is 2.28. The number of carboxylic acids is 1. The highest BCUT2D eigenvalue weighted by atomic mass is 35.5. The largest absolute Gasteiger partial charge is 0.480 e. The lowest BCUT2D eigenvalue weighted by atomic mass is 10.3. The Kier molecular flexibility index (Phi) is 4.86. The minimum absolute atomic E-state index is 0.195. The van der Waals surface area contributed by atoms with Crippen LogP contribution >= 0.6 is 23.2 Å². The highest BCUT2D eigenvalue weighted by Gasteiger charge is 2.15. The summed E-state index contributed by atoms with van der Waals surface area (Å²) in [5.74, 6) is -0.402. The number of halogens is 2. The van der Waals surface area contributed by atoms with Crippen molar-refractivity contribution in [3.05, 3.63) is 28.0 Å². The van der Waals surface area contributed by atoms with E-state index in [4.69, 9.17) is 33.0 Å². The van der Waals surface area contributed by atoms with Crippen molar-refractivity contribution in [3.63, 3.8) is 0 Å². The normalized spacial score (nSPS) is 11.2. The van der Waals surface area contributed by atoms with Crippen LogP contribution < -0.4 is 0 Å². The fourth-order valence-electron chi connectivity index (χ4n) is 1.90. The van der Waals surface area contributed by atoms with E-state index >= 15 is 0 Å². The first-order valence-corrected chi connectivity index (χ1v) is 6.92. The second kappa shape index (κ2) is 6.43. The number of nitrogens with zero attached hydrogens (tertiary/aromatic N) is 2. The molecule has 1 aromatic carbocycles. The molecule has 0 aliphatic carbocycles. The molecule has 5 nitrogen and oxygen atoms in total. The summed E-state index contributed by atoms with van der Waals surface area (Å²) in [7, 11) is 0. The minimum atomic E-state index is -0.952. The lowest BCUT2D eigenvalue weighted by Crippen LogP contribution is -2.13. The summed E-state index contributed by atoms with van der Waals surface area (Å²) in [6, 6.07) is 3.25. The third kappa shape index (κ3) is 3.23. The molecule has 0 unspecified atom stereocenters. The second-order valence-corrected chi connectivity index (χ2v) is 5.13. The molecule has 2 aromatic rings. The van der Waals surface area contributed by atoms with E-state index in [1.165, 1.54) is 0 Å². The number of carboxylic acid groups (broad SMARTS) is 1. The monoisotopic (exact) mass is 316 g/mol. The number of carbonyl (C=O) groups is 1. The molecule has 0 spiro atoms. The first-order chi connectivity index (χ1) is 9.52. The average molecular weight is 317 g/mol. The van der Waals surface area contributed by atoms with Gasteiger partial charge in [0.25, 0.3) is 0 Å². The van der Waals surface area contributed by atoms with Gasteiger partial charge in [-0.2, -0.15) is 0 Å². The van der Waals surface area contributed by atoms with Crippen molar-refractivity contribution < 1.29 is 14.6 Å². The number of aromatic nitrogens is 2. The quantitative estimate of drug-likeness (QED) is 0.830. The molecule has 1 N–H and O–H groups in total. The van der Waals surface area contributed by atoms with Crippen LogP contribution in [0.25, 0.3) is 11.0 Å². The number of fused-ring (bicyclic) bond motifs is 1. The van der Waals surface area contributed by atoms with E-state index in [2.05, 4.69) is 4.98 Å². The minimum Gasteiger partial charge on any atom is -0.480 e. The Bertz CT molecular complexity index is 640. The van der Waals surface area contributed by atoms with Gasteiger partial charge in [-0.3, -0.25) is 4.79 Å². The van der Waals surface area contributed by atoms with Gasteiger partial charge < -0.3 is 14.4 Å². The van der Waals surface area contributed by atoms with Crippen LogP contribution in [0.3, 0.4) is 0 Å². The van der Waals surface area contributed by atoms with Crippen molar-refractivity contribution in [1.29, 1.82) is 0 Å². The third-order valence-corrected chi connectivity index (χ3v) is 3.46. The van der Waals surface area contributed by atoms with E-state index in [1.54, 1.807) is 16.7 Å². The van der Waals surface area contributed by atoms with Gasteiger partial charge in [0, 0.05) is 6.61 Å². The Balaban J connectivity index is 2.45. The molecule has 0 atom stereocenters. The van der Waals surface area contributed by atoms with Crippen LogP contribution in [0.15, 0.2) is 12.1 Å². The van der Waals surface area contributed by atoms with E-state index in [0.29, 0.717) is 33.5 Å². The number of hydrogen-bond acceptors (Lipinski definition) is 3. The lowest BCUT2D eigenvalue weighted by molar-refractivity contribution is -0.137. The maximum atomic E-state index is 11.0. The van der Waals surface area contributed by atoms with Crippen LogP contribution in [0.2, 0.25) is 10.0 Å². The van der Waals surface area contributed by atoms with Gasteiger partial charge in [-0.05, 0) is 18.6 Å². The fourth-order valence-corrected chi connectivity index (χ4v) is 2.22. The first-order valence-electron chi connectivity index (χ1n) is 6.16. The molecule has 2 rings (SSSR count). The zero-order valence-electron chi connectivity index (χ0n) is 10.9. The van der Waals surface area contributed by atoms with Crippen molar-refractivity contribution in [2.75, 3.05) is 6.61 Å². The number of aliphatic carboxylic acids is 1. The summed E-state index contributed by atoms with van der Waals surface area (Å²) >= 11 is 11.9. The van der Waals surface area contributed by atoms with Gasteiger partial charge in [0.2, 0.25) is 0 Å².